The zero-order valence-electron chi connectivity index (χ0n) is 19.3. The molecule has 11 nitrogen and oxygen atoms in total. The van der Waals surface area contributed by atoms with E-state index in [9.17, 15) is 4.79 Å². The number of carbonyl (C=O) groups is 1. The smallest absolute Gasteiger partial charge is 0.341 e. The highest BCUT2D eigenvalue weighted by Crippen LogP contribution is 2.27. The third-order valence-corrected chi connectivity index (χ3v) is 4.61. The van der Waals surface area contributed by atoms with Crippen molar-refractivity contribution in [1.29, 1.82) is 0 Å². The summed E-state index contributed by atoms with van der Waals surface area (Å²) in [6, 6.07) is 24.0. The molecule has 0 atom stereocenters. The quantitative estimate of drug-likeness (QED) is 0.180. The summed E-state index contributed by atoms with van der Waals surface area (Å²) < 4.78 is 10.5. The number of benzene rings is 3. The molecule has 3 aromatic carbocycles. The van der Waals surface area contributed by atoms with Gasteiger partial charge in [0.1, 0.15) is 0 Å². The number of ether oxygens (including phenoxy) is 2. The molecular weight excluding hydrogens is 462 g/mol. The van der Waals surface area contributed by atoms with E-state index in [1.165, 1.54) is 7.11 Å². The Kier molecular flexibility index (Phi) is 7.84. The van der Waals surface area contributed by atoms with Crippen molar-refractivity contribution < 1.29 is 19.4 Å². The lowest BCUT2D eigenvalue weighted by molar-refractivity contribution is -0.139. The Hall–Kier alpha value is -5.19. The van der Waals surface area contributed by atoms with Gasteiger partial charge in [0, 0.05) is 11.4 Å². The van der Waals surface area contributed by atoms with E-state index in [0.717, 1.165) is 11.4 Å². The van der Waals surface area contributed by atoms with E-state index in [2.05, 4.69) is 36.1 Å². The van der Waals surface area contributed by atoms with Crippen molar-refractivity contribution in [3.05, 3.63) is 84.4 Å². The standard InChI is InChI=1S/C25H23N7O4/c1-35-21-14-17(12-13-20(21)36-16-22(33)34)15-26-32-25-30-23(27-18-8-4-2-5-9-18)29-24(31-25)28-19-10-6-3-7-11-19/h2-15H,16H2,1H3,(H,33,34)(H3,27,28,29,30,31,32)/b26-15-. The number of aliphatic carboxylic acids is 1. The fourth-order valence-corrected chi connectivity index (χ4v) is 3.03. The zero-order chi connectivity index (χ0) is 25.2. The van der Waals surface area contributed by atoms with Crippen LogP contribution in [-0.2, 0) is 4.79 Å². The summed E-state index contributed by atoms with van der Waals surface area (Å²) in [6.07, 6.45) is 1.54. The van der Waals surface area contributed by atoms with Crippen LogP contribution in [0.15, 0.2) is 84.0 Å². The number of nitrogens with zero attached hydrogens (tertiary/aromatic N) is 4. The maximum absolute atomic E-state index is 10.7. The van der Waals surface area contributed by atoms with Gasteiger partial charge in [-0.05, 0) is 48.0 Å². The largest absolute Gasteiger partial charge is 0.493 e. The van der Waals surface area contributed by atoms with Crippen LogP contribution in [0.2, 0.25) is 0 Å². The van der Waals surface area contributed by atoms with Crippen molar-refractivity contribution in [2.45, 2.75) is 0 Å². The summed E-state index contributed by atoms with van der Waals surface area (Å²) in [6.45, 7) is -0.469. The minimum Gasteiger partial charge on any atom is -0.493 e. The van der Waals surface area contributed by atoms with Crippen LogP contribution in [0.4, 0.5) is 29.2 Å². The normalized spacial score (nSPS) is 10.6. The Morgan fingerprint density at radius 3 is 2.00 bits per heavy atom. The number of rotatable bonds is 11. The van der Waals surface area contributed by atoms with Crippen LogP contribution in [-0.4, -0.2) is 46.0 Å². The maximum atomic E-state index is 10.7. The van der Waals surface area contributed by atoms with Crippen molar-refractivity contribution in [3.8, 4) is 11.5 Å². The van der Waals surface area contributed by atoms with E-state index < -0.39 is 12.6 Å². The topological polar surface area (TPSA) is 143 Å². The third kappa shape index (κ3) is 6.90. The minimum atomic E-state index is -1.08. The van der Waals surface area contributed by atoms with E-state index in [1.54, 1.807) is 24.4 Å². The Morgan fingerprint density at radius 1 is 0.861 bits per heavy atom. The average Bonchev–Trinajstić information content (AvgIpc) is 2.89. The molecule has 4 rings (SSSR count). The number of aromatic nitrogens is 3. The molecule has 0 unspecified atom stereocenters. The summed E-state index contributed by atoms with van der Waals surface area (Å²) in [5.74, 6) is 0.487. The summed E-state index contributed by atoms with van der Waals surface area (Å²) in [4.78, 5) is 24.0. The molecule has 0 aliphatic heterocycles. The van der Waals surface area contributed by atoms with Crippen LogP contribution in [0.25, 0.3) is 0 Å². The molecule has 0 spiro atoms. The second-order valence-electron chi connectivity index (χ2n) is 7.25. The van der Waals surface area contributed by atoms with Crippen molar-refractivity contribution >= 4 is 41.4 Å². The van der Waals surface area contributed by atoms with Crippen molar-refractivity contribution in [3.63, 3.8) is 0 Å². The monoisotopic (exact) mass is 485 g/mol. The highest BCUT2D eigenvalue weighted by molar-refractivity contribution is 5.81. The molecule has 1 heterocycles. The first-order valence-corrected chi connectivity index (χ1v) is 10.8. The molecule has 4 N–H and O–H groups in total. The fraction of sp³-hybridized carbons (Fsp3) is 0.0800. The predicted molar refractivity (Wildman–Crippen MR) is 137 cm³/mol. The van der Waals surface area contributed by atoms with Gasteiger partial charge in [-0.15, -0.1) is 0 Å². The summed E-state index contributed by atoms with van der Waals surface area (Å²) in [5, 5.41) is 19.3. The van der Waals surface area contributed by atoms with Crippen LogP contribution >= 0.6 is 0 Å². The number of hydrogen-bond acceptors (Lipinski definition) is 10. The lowest BCUT2D eigenvalue weighted by Crippen LogP contribution is -2.10. The Morgan fingerprint density at radius 2 is 1.44 bits per heavy atom. The zero-order valence-corrected chi connectivity index (χ0v) is 19.3. The van der Waals surface area contributed by atoms with Gasteiger partial charge in [-0.25, -0.2) is 10.2 Å². The van der Waals surface area contributed by atoms with Gasteiger partial charge in [0.2, 0.25) is 17.8 Å². The van der Waals surface area contributed by atoms with Gasteiger partial charge in [-0.1, -0.05) is 36.4 Å². The van der Waals surface area contributed by atoms with Crippen LogP contribution in [0.3, 0.4) is 0 Å². The van der Waals surface area contributed by atoms with E-state index in [0.29, 0.717) is 29.0 Å². The minimum absolute atomic E-state index is 0.214. The lowest BCUT2D eigenvalue weighted by Gasteiger charge is -2.10. The van der Waals surface area contributed by atoms with Crippen LogP contribution in [0.5, 0.6) is 11.5 Å². The van der Waals surface area contributed by atoms with Crippen molar-refractivity contribution in [2.24, 2.45) is 5.10 Å². The third-order valence-electron chi connectivity index (χ3n) is 4.61. The van der Waals surface area contributed by atoms with Crippen molar-refractivity contribution in [2.75, 3.05) is 29.8 Å². The molecule has 36 heavy (non-hydrogen) atoms. The summed E-state index contributed by atoms with van der Waals surface area (Å²) in [7, 11) is 1.47. The summed E-state index contributed by atoms with van der Waals surface area (Å²) >= 11 is 0. The van der Waals surface area contributed by atoms with E-state index in [1.807, 2.05) is 60.7 Å². The molecule has 0 amide bonds. The van der Waals surface area contributed by atoms with E-state index >= 15 is 0 Å². The number of carboxylic acids is 1. The van der Waals surface area contributed by atoms with E-state index in [4.69, 9.17) is 14.6 Å². The number of anilines is 5. The number of hydrazone groups is 1. The first-order chi connectivity index (χ1) is 17.6. The van der Waals surface area contributed by atoms with Gasteiger partial charge in [0.25, 0.3) is 0 Å². The van der Waals surface area contributed by atoms with Gasteiger partial charge < -0.3 is 25.2 Å². The molecule has 182 valence electrons. The van der Waals surface area contributed by atoms with Gasteiger partial charge in [0.05, 0.1) is 13.3 Å². The molecule has 0 aliphatic carbocycles. The molecular formula is C25H23N7O4. The SMILES string of the molecule is COc1cc(/C=N\Nc2nc(Nc3ccccc3)nc(Nc3ccccc3)n2)ccc1OCC(=O)O. The second kappa shape index (κ2) is 11.8. The molecule has 0 bridgehead atoms. The Labute approximate surface area is 206 Å². The summed E-state index contributed by atoms with van der Waals surface area (Å²) in [5.41, 5.74) is 5.14. The number of carboxylic acid groups (broad SMARTS) is 1. The lowest BCUT2D eigenvalue weighted by atomic mass is 10.2. The first kappa shape index (κ1) is 24.0. The fourth-order valence-electron chi connectivity index (χ4n) is 3.03. The number of para-hydroxylation sites is 2. The molecule has 1 aromatic heterocycles. The molecule has 4 aromatic rings. The predicted octanol–water partition coefficient (Wildman–Crippen LogP) is 4.28. The van der Waals surface area contributed by atoms with E-state index in [-0.39, 0.29) is 5.95 Å². The van der Waals surface area contributed by atoms with Gasteiger partial charge in [0.15, 0.2) is 18.1 Å². The van der Waals surface area contributed by atoms with Crippen LogP contribution in [0, 0.1) is 0 Å². The molecule has 0 saturated carbocycles. The van der Waals surface area contributed by atoms with Gasteiger partial charge in [-0.2, -0.15) is 20.1 Å². The molecule has 0 fully saturated rings. The number of hydrogen-bond donors (Lipinski definition) is 4. The molecule has 0 aliphatic rings. The first-order valence-electron chi connectivity index (χ1n) is 10.8. The molecule has 0 saturated heterocycles. The molecule has 0 radical (unpaired) electrons. The van der Waals surface area contributed by atoms with Crippen LogP contribution in [0.1, 0.15) is 5.56 Å². The van der Waals surface area contributed by atoms with Gasteiger partial charge in [-0.3, -0.25) is 0 Å². The number of methoxy groups -OCH3 is 1. The average molecular weight is 486 g/mol. The number of nitrogens with one attached hydrogen (secondary N) is 3. The second-order valence-corrected chi connectivity index (χ2v) is 7.25. The Bertz CT molecular complexity index is 1280. The van der Waals surface area contributed by atoms with Crippen LogP contribution < -0.4 is 25.5 Å². The highest BCUT2D eigenvalue weighted by atomic mass is 16.5. The Balaban J connectivity index is 1.52. The maximum Gasteiger partial charge on any atom is 0.341 e. The highest BCUT2D eigenvalue weighted by Gasteiger charge is 2.09. The molecule has 11 heteroatoms. The van der Waals surface area contributed by atoms with Gasteiger partial charge >= 0.3 is 5.97 Å². The van der Waals surface area contributed by atoms with Crippen molar-refractivity contribution in [1.82, 2.24) is 15.0 Å².